The van der Waals surface area contributed by atoms with Gasteiger partial charge in [-0.25, -0.2) is 4.79 Å². The van der Waals surface area contributed by atoms with Gasteiger partial charge in [-0.15, -0.1) is 0 Å². The molecule has 19 heavy (non-hydrogen) atoms. The third kappa shape index (κ3) is 3.13. The van der Waals surface area contributed by atoms with Crippen LogP contribution in [0, 0.1) is 5.92 Å². The SMILES string of the molecule is CC(C)CC1(CCc2ccccc2)NC(=O)NC1=O. The van der Waals surface area contributed by atoms with E-state index in [4.69, 9.17) is 0 Å². The summed E-state index contributed by atoms with van der Waals surface area (Å²) in [5.41, 5.74) is 0.431. The van der Waals surface area contributed by atoms with Crippen LogP contribution >= 0.6 is 0 Å². The van der Waals surface area contributed by atoms with E-state index in [1.165, 1.54) is 5.56 Å². The van der Waals surface area contributed by atoms with Crippen LogP contribution in [0.15, 0.2) is 30.3 Å². The lowest BCUT2D eigenvalue weighted by Gasteiger charge is -2.27. The fourth-order valence-corrected chi connectivity index (χ4v) is 2.65. The van der Waals surface area contributed by atoms with Gasteiger partial charge < -0.3 is 5.32 Å². The maximum Gasteiger partial charge on any atom is 0.322 e. The van der Waals surface area contributed by atoms with Crippen LogP contribution < -0.4 is 10.6 Å². The standard InChI is InChI=1S/C15H20N2O2/c1-11(2)10-15(13(18)16-14(19)17-15)9-8-12-6-4-3-5-7-12/h3-7,11H,8-10H2,1-2H3,(H2,16,17,18,19). The Balaban J connectivity index is 2.11. The zero-order valence-corrected chi connectivity index (χ0v) is 11.4. The van der Waals surface area contributed by atoms with Crippen molar-refractivity contribution in [3.63, 3.8) is 0 Å². The van der Waals surface area contributed by atoms with Crippen LogP contribution in [0.25, 0.3) is 0 Å². The van der Waals surface area contributed by atoms with E-state index in [-0.39, 0.29) is 11.9 Å². The van der Waals surface area contributed by atoms with Gasteiger partial charge in [0.25, 0.3) is 5.91 Å². The number of aryl methyl sites for hydroxylation is 1. The fraction of sp³-hybridized carbons (Fsp3) is 0.467. The zero-order chi connectivity index (χ0) is 13.9. The normalized spacial score (nSPS) is 22.5. The van der Waals surface area contributed by atoms with Crippen LogP contribution in [0.1, 0.15) is 32.3 Å². The van der Waals surface area contributed by atoms with Crippen LogP contribution in [-0.4, -0.2) is 17.5 Å². The number of imide groups is 1. The Morgan fingerprint density at radius 2 is 1.84 bits per heavy atom. The highest BCUT2D eigenvalue weighted by Gasteiger charge is 2.45. The molecule has 1 heterocycles. The van der Waals surface area contributed by atoms with E-state index in [2.05, 4.69) is 24.5 Å². The highest BCUT2D eigenvalue weighted by Crippen LogP contribution is 2.26. The molecule has 3 amide bonds. The predicted octanol–water partition coefficient (Wildman–Crippen LogP) is 2.24. The number of nitrogens with one attached hydrogen (secondary N) is 2. The Hall–Kier alpha value is -1.84. The minimum atomic E-state index is -0.749. The van der Waals surface area contributed by atoms with Crippen molar-refractivity contribution >= 4 is 11.9 Å². The maximum atomic E-state index is 12.1. The molecular formula is C15H20N2O2. The summed E-state index contributed by atoms with van der Waals surface area (Å²) >= 11 is 0. The van der Waals surface area contributed by atoms with Gasteiger partial charge >= 0.3 is 6.03 Å². The van der Waals surface area contributed by atoms with Crippen LogP contribution in [0.3, 0.4) is 0 Å². The first kappa shape index (κ1) is 13.6. The minimum absolute atomic E-state index is 0.192. The summed E-state index contributed by atoms with van der Waals surface area (Å²) in [4.78, 5) is 23.5. The van der Waals surface area contributed by atoms with Gasteiger partial charge in [0.15, 0.2) is 0 Å². The van der Waals surface area contributed by atoms with Gasteiger partial charge in [-0.1, -0.05) is 44.2 Å². The summed E-state index contributed by atoms with van der Waals surface area (Å²) in [6.07, 6.45) is 2.07. The molecule has 1 atom stereocenters. The summed E-state index contributed by atoms with van der Waals surface area (Å²) in [6.45, 7) is 4.12. The van der Waals surface area contributed by atoms with Crippen molar-refractivity contribution in [2.75, 3.05) is 0 Å². The summed E-state index contributed by atoms with van der Waals surface area (Å²) in [5.74, 6) is 0.155. The molecule has 1 unspecified atom stereocenters. The average molecular weight is 260 g/mol. The molecule has 1 aromatic carbocycles. The molecule has 2 rings (SSSR count). The van der Waals surface area contributed by atoms with Gasteiger partial charge in [0.1, 0.15) is 5.54 Å². The molecule has 102 valence electrons. The van der Waals surface area contributed by atoms with E-state index >= 15 is 0 Å². The second-order valence-corrected chi connectivity index (χ2v) is 5.57. The van der Waals surface area contributed by atoms with Gasteiger partial charge in [-0.2, -0.15) is 0 Å². The van der Waals surface area contributed by atoms with Crippen LogP contribution in [0.4, 0.5) is 4.79 Å². The lowest BCUT2D eigenvalue weighted by Crippen LogP contribution is -2.48. The zero-order valence-electron chi connectivity index (χ0n) is 11.4. The lowest BCUT2D eigenvalue weighted by molar-refractivity contribution is -0.124. The molecule has 0 spiro atoms. The third-order valence-electron chi connectivity index (χ3n) is 3.45. The molecule has 0 aromatic heterocycles. The molecular weight excluding hydrogens is 240 g/mol. The van der Waals surface area contributed by atoms with E-state index in [0.29, 0.717) is 18.8 Å². The van der Waals surface area contributed by atoms with Crippen molar-refractivity contribution in [3.05, 3.63) is 35.9 Å². The second kappa shape index (κ2) is 5.43. The van der Waals surface area contributed by atoms with E-state index in [1.807, 2.05) is 30.3 Å². The molecule has 1 aromatic rings. The molecule has 0 bridgehead atoms. The second-order valence-electron chi connectivity index (χ2n) is 5.57. The topological polar surface area (TPSA) is 58.2 Å². The van der Waals surface area contributed by atoms with Crippen molar-refractivity contribution in [2.24, 2.45) is 5.92 Å². The number of carbonyl (C=O) groups is 2. The summed E-state index contributed by atoms with van der Waals surface area (Å²) < 4.78 is 0. The number of urea groups is 1. The third-order valence-corrected chi connectivity index (χ3v) is 3.45. The van der Waals surface area contributed by atoms with Crippen LogP contribution in [0.2, 0.25) is 0 Å². The van der Waals surface area contributed by atoms with Crippen molar-refractivity contribution < 1.29 is 9.59 Å². The Morgan fingerprint density at radius 3 is 2.37 bits per heavy atom. The van der Waals surface area contributed by atoms with Crippen molar-refractivity contribution in [3.8, 4) is 0 Å². The van der Waals surface area contributed by atoms with E-state index in [9.17, 15) is 9.59 Å². The van der Waals surface area contributed by atoms with Gasteiger partial charge in [0, 0.05) is 0 Å². The van der Waals surface area contributed by atoms with Gasteiger partial charge in [-0.05, 0) is 30.7 Å². The Morgan fingerprint density at radius 1 is 1.16 bits per heavy atom. The molecule has 2 N–H and O–H groups in total. The molecule has 0 saturated carbocycles. The summed E-state index contributed by atoms with van der Waals surface area (Å²) in [5, 5.41) is 5.18. The van der Waals surface area contributed by atoms with Gasteiger partial charge in [-0.3, -0.25) is 10.1 Å². The molecule has 1 saturated heterocycles. The smallest absolute Gasteiger partial charge is 0.322 e. The molecule has 0 aliphatic carbocycles. The van der Waals surface area contributed by atoms with Crippen molar-refractivity contribution in [1.82, 2.24) is 10.6 Å². The predicted molar refractivity (Wildman–Crippen MR) is 73.6 cm³/mol. The highest BCUT2D eigenvalue weighted by molar-refractivity contribution is 6.07. The summed E-state index contributed by atoms with van der Waals surface area (Å²) in [7, 11) is 0. The number of amides is 3. The molecule has 1 aliphatic heterocycles. The largest absolute Gasteiger partial charge is 0.323 e. The van der Waals surface area contributed by atoms with E-state index in [1.54, 1.807) is 0 Å². The van der Waals surface area contributed by atoms with Gasteiger partial charge in [0.2, 0.25) is 0 Å². The Kier molecular flexibility index (Phi) is 3.88. The number of carbonyl (C=O) groups excluding carboxylic acids is 2. The number of hydrogen-bond donors (Lipinski definition) is 2. The highest BCUT2D eigenvalue weighted by atomic mass is 16.2. The number of benzene rings is 1. The summed E-state index contributed by atoms with van der Waals surface area (Å²) in [6, 6.07) is 9.64. The van der Waals surface area contributed by atoms with Crippen LogP contribution in [-0.2, 0) is 11.2 Å². The van der Waals surface area contributed by atoms with Crippen LogP contribution in [0.5, 0.6) is 0 Å². The minimum Gasteiger partial charge on any atom is -0.323 e. The lowest BCUT2D eigenvalue weighted by atomic mass is 9.84. The molecule has 1 fully saturated rings. The van der Waals surface area contributed by atoms with E-state index < -0.39 is 5.54 Å². The average Bonchev–Trinajstić information content (AvgIpc) is 2.62. The van der Waals surface area contributed by atoms with Crippen molar-refractivity contribution in [1.29, 1.82) is 0 Å². The Bertz CT molecular complexity index is 470. The first-order valence-corrected chi connectivity index (χ1v) is 6.69. The van der Waals surface area contributed by atoms with E-state index in [0.717, 1.165) is 6.42 Å². The quantitative estimate of drug-likeness (QED) is 0.798. The fourth-order valence-electron chi connectivity index (χ4n) is 2.65. The molecule has 4 nitrogen and oxygen atoms in total. The number of rotatable bonds is 5. The maximum absolute atomic E-state index is 12.1. The molecule has 1 aliphatic rings. The number of hydrogen-bond acceptors (Lipinski definition) is 2. The Labute approximate surface area is 113 Å². The first-order chi connectivity index (χ1) is 9.02. The monoisotopic (exact) mass is 260 g/mol. The molecule has 4 heteroatoms. The first-order valence-electron chi connectivity index (χ1n) is 6.69. The molecule has 0 radical (unpaired) electrons. The van der Waals surface area contributed by atoms with Crippen molar-refractivity contribution in [2.45, 2.75) is 38.6 Å². The van der Waals surface area contributed by atoms with Gasteiger partial charge in [0.05, 0.1) is 0 Å².